The van der Waals surface area contributed by atoms with Crippen LogP contribution in [0.5, 0.6) is 5.88 Å². The molecular formula is C12H16N4O2S. The lowest BCUT2D eigenvalue weighted by Crippen LogP contribution is -2.03. The Balaban J connectivity index is 1.93. The zero-order valence-electron chi connectivity index (χ0n) is 10.9. The monoisotopic (exact) mass is 280 g/mol. The molecule has 0 spiro atoms. The summed E-state index contributed by atoms with van der Waals surface area (Å²) in [6.07, 6.45) is 2.43. The summed E-state index contributed by atoms with van der Waals surface area (Å²) >= 11 is 1.34. The SMILES string of the molecule is COCCc1nsc(NCc2cccnc2OC)n1. The number of anilines is 1. The molecule has 0 radical (unpaired) electrons. The fourth-order valence-electron chi connectivity index (χ4n) is 1.53. The molecule has 0 unspecified atom stereocenters. The van der Waals surface area contributed by atoms with E-state index in [9.17, 15) is 0 Å². The number of nitrogens with zero attached hydrogens (tertiary/aromatic N) is 3. The number of methoxy groups -OCH3 is 2. The molecule has 0 aliphatic heterocycles. The molecule has 7 heteroatoms. The van der Waals surface area contributed by atoms with Crippen LogP contribution in [0.15, 0.2) is 18.3 Å². The lowest BCUT2D eigenvalue weighted by Gasteiger charge is -2.06. The highest BCUT2D eigenvalue weighted by molar-refractivity contribution is 7.09. The van der Waals surface area contributed by atoms with E-state index in [-0.39, 0.29) is 0 Å². The first-order valence-electron chi connectivity index (χ1n) is 5.86. The molecule has 0 saturated carbocycles. The van der Waals surface area contributed by atoms with Crippen LogP contribution in [-0.2, 0) is 17.7 Å². The van der Waals surface area contributed by atoms with Crippen LogP contribution in [0.25, 0.3) is 0 Å². The van der Waals surface area contributed by atoms with Crippen LogP contribution >= 0.6 is 11.5 Å². The zero-order valence-corrected chi connectivity index (χ0v) is 11.7. The molecule has 0 aliphatic rings. The molecular weight excluding hydrogens is 264 g/mol. The molecule has 6 nitrogen and oxygen atoms in total. The molecule has 2 rings (SSSR count). The van der Waals surface area contributed by atoms with Gasteiger partial charge in [0.1, 0.15) is 5.82 Å². The van der Waals surface area contributed by atoms with Gasteiger partial charge in [-0.05, 0) is 6.07 Å². The van der Waals surface area contributed by atoms with E-state index < -0.39 is 0 Å². The van der Waals surface area contributed by atoms with Crippen molar-refractivity contribution in [1.82, 2.24) is 14.3 Å². The number of rotatable bonds is 7. The standard InChI is InChI=1S/C12H16N4O2S/c1-17-7-5-10-15-12(19-16-10)14-8-9-4-3-6-13-11(9)18-2/h3-4,6H,5,7-8H2,1-2H3,(H,14,15,16). The molecule has 2 aromatic rings. The molecule has 2 aromatic heterocycles. The van der Waals surface area contributed by atoms with Crippen LogP contribution in [-0.4, -0.2) is 35.2 Å². The highest BCUT2D eigenvalue weighted by Crippen LogP contribution is 2.17. The van der Waals surface area contributed by atoms with E-state index in [2.05, 4.69) is 19.7 Å². The molecule has 0 amide bonds. The van der Waals surface area contributed by atoms with Crippen molar-refractivity contribution in [3.8, 4) is 5.88 Å². The molecule has 0 bridgehead atoms. The van der Waals surface area contributed by atoms with Gasteiger partial charge < -0.3 is 14.8 Å². The quantitative estimate of drug-likeness (QED) is 0.833. The normalized spacial score (nSPS) is 10.4. The molecule has 1 N–H and O–H groups in total. The summed E-state index contributed by atoms with van der Waals surface area (Å²) < 4.78 is 14.4. The Hall–Kier alpha value is -1.73. The maximum Gasteiger partial charge on any atom is 0.218 e. The Morgan fingerprint density at radius 1 is 1.37 bits per heavy atom. The average molecular weight is 280 g/mol. The van der Waals surface area contributed by atoms with Gasteiger partial charge in [-0.25, -0.2) is 9.97 Å². The Bertz CT molecular complexity index is 518. The lowest BCUT2D eigenvalue weighted by molar-refractivity contribution is 0.201. The Morgan fingerprint density at radius 3 is 3.05 bits per heavy atom. The molecule has 0 aromatic carbocycles. The minimum atomic E-state index is 0.607. The van der Waals surface area contributed by atoms with Gasteiger partial charge in [0.2, 0.25) is 11.0 Å². The molecule has 0 saturated heterocycles. The maximum atomic E-state index is 5.19. The van der Waals surface area contributed by atoms with Crippen LogP contribution < -0.4 is 10.1 Å². The second kappa shape index (κ2) is 7.01. The van der Waals surface area contributed by atoms with Gasteiger partial charge in [-0.1, -0.05) is 6.07 Å². The van der Waals surface area contributed by atoms with Gasteiger partial charge in [-0.2, -0.15) is 4.37 Å². The van der Waals surface area contributed by atoms with Crippen molar-refractivity contribution >= 4 is 16.7 Å². The third-order valence-electron chi connectivity index (χ3n) is 2.47. The lowest BCUT2D eigenvalue weighted by atomic mass is 10.3. The summed E-state index contributed by atoms with van der Waals surface area (Å²) in [5, 5.41) is 4.01. The summed E-state index contributed by atoms with van der Waals surface area (Å²) in [4.78, 5) is 8.52. The van der Waals surface area contributed by atoms with Crippen molar-refractivity contribution in [3.63, 3.8) is 0 Å². The first-order valence-corrected chi connectivity index (χ1v) is 6.64. The fraction of sp³-hybridized carbons (Fsp3) is 0.417. The van der Waals surface area contributed by atoms with Gasteiger partial charge in [0.25, 0.3) is 0 Å². The second-order valence-electron chi connectivity index (χ2n) is 3.78. The van der Waals surface area contributed by atoms with Crippen molar-refractivity contribution in [2.24, 2.45) is 0 Å². The summed E-state index contributed by atoms with van der Waals surface area (Å²) in [5.74, 6) is 1.42. The molecule has 102 valence electrons. The van der Waals surface area contributed by atoms with Gasteiger partial charge in [-0.15, -0.1) is 0 Å². The van der Waals surface area contributed by atoms with Crippen molar-refractivity contribution in [1.29, 1.82) is 0 Å². The molecule has 0 fully saturated rings. The number of hydrogen-bond acceptors (Lipinski definition) is 7. The van der Waals surface area contributed by atoms with E-state index >= 15 is 0 Å². The summed E-state index contributed by atoms with van der Waals surface area (Å²) in [5.41, 5.74) is 0.985. The number of aromatic nitrogens is 3. The van der Waals surface area contributed by atoms with Gasteiger partial charge in [0.05, 0.1) is 13.7 Å². The molecule has 0 aliphatic carbocycles. The maximum absolute atomic E-state index is 5.19. The highest BCUT2D eigenvalue weighted by Gasteiger charge is 2.06. The van der Waals surface area contributed by atoms with E-state index in [1.54, 1.807) is 20.4 Å². The zero-order chi connectivity index (χ0) is 13.5. The predicted octanol–water partition coefficient (Wildman–Crippen LogP) is 1.74. The van der Waals surface area contributed by atoms with Crippen LogP contribution in [0.2, 0.25) is 0 Å². The molecule has 19 heavy (non-hydrogen) atoms. The summed E-state index contributed by atoms with van der Waals surface area (Å²) in [7, 11) is 3.28. The van der Waals surface area contributed by atoms with E-state index in [0.717, 1.165) is 22.9 Å². The number of ether oxygens (including phenoxy) is 2. The number of hydrogen-bond donors (Lipinski definition) is 1. The van der Waals surface area contributed by atoms with E-state index in [0.29, 0.717) is 19.0 Å². The van der Waals surface area contributed by atoms with Gasteiger partial charge in [0.15, 0.2) is 0 Å². The Morgan fingerprint density at radius 2 is 2.26 bits per heavy atom. The minimum Gasteiger partial charge on any atom is -0.481 e. The summed E-state index contributed by atoms with van der Waals surface area (Å²) in [6, 6.07) is 3.84. The van der Waals surface area contributed by atoms with Gasteiger partial charge in [-0.3, -0.25) is 0 Å². The van der Waals surface area contributed by atoms with Gasteiger partial charge in [0, 0.05) is 43.4 Å². The predicted molar refractivity (Wildman–Crippen MR) is 73.6 cm³/mol. The highest BCUT2D eigenvalue weighted by atomic mass is 32.1. The van der Waals surface area contributed by atoms with Gasteiger partial charge >= 0.3 is 0 Å². The fourth-order valence-corrected chi connectivity index (χ4v) is 2.14. The molecule has 2 heterocycles. The van der Waals surface area contributed by atoms with E-state index in [4.69, 9.17) is 9.47 Å². The van der Waals surface area contributed by atoms with Crippen LogP contribution in [0.4, 0.5) is 5.13 Å². The number of pyridine rings is 1. The third-order valence-corrected chi connectivity index (χ3v) is 3.18. The van der Waals surface area contributed by atoms with Crippen molar-refractivity contribution < 1.29 is 9.47 Å². The minimum absolute atomic E-state index is 0.607. The van der Waals surface area contributed by atoms with Crippen molar-refractivity contribution in [2.45, 2.75) is 13.0 Å². The van der Waals surface area contributed by atoms with Crippen molar-refractivity contribution in [3.05, 3.63) is 29.7 Å². The second-order valence-corrected chi connectivity index (χ2v) is 4.54. The largest absolute Gasteiger partial charge is 0.481 e. The average Bonchev–Trinajstić information content (AvgIpc) is 2.91. The first kappa shape index (κ1) is 13.7. The smallest absolute Gasteiger partial charge is 0.218 e. The molecule has 0 atom stereocenters. The first-order chi connectivity index (χ1) is 9.33. The third kappa shape index (κ3) is 3.87. The topological polar surface area (TPSA) is 69.2 Å². The Kier molecular flexibility index (Phi) is 5.05. The van der Waals surface area contributed by atoms with E-state index in [1.807, 2.05) is 12.1 Å². The number of nitrogens with one attached hydrogen (secondary N) is 1. The van der Waals surface area contributed by atoms with Crippen LogP contribution in [0.3, 0.4) is 0 Å². The summed E-state index contributed by atoms with van der Waals surface area (Å²) in [6.45, 7) is 1.24. The van der Waals surface area contributed by atoms with Crippen LogP contribution in [0.1, 0.15) is 11.4 Å². The van der Waals surface area contributed by atoms with E-state index in [1.165, 1.54) is 11.5 Å². The van der Waals surface area contributed by atoms with Crippen LogP contribution in [0, 0.1) is 0 Å². The Labute approximate surface area is 116 Å². The van der Waals surface area contributed by atoms with Crippen molar-refractivity contribution in [2.75, 3.05) is 26.1 Å².